The van der Waals surface area contributed by atoms with Crippen LogP contribution in [0.25, 0.3) is 10.8 Å². The van der Waals surface area contributed by atoms with Crippen LogP contribution in [0.3, 0.4) is 0 Å². The number of nitrogens with one attached hydrogen (secondary N) is 3. The fraction of sp³-hybridized carbons (Fsp3) is 0.391. The van der Waals surface area contributed by atoms with E-state index in [2.05, 4.69) is 10.0 Å². The predicted octanol–water partition coefficient (Wildman–Crippen LogP) is 0.316. The van der Waals surface area contributed by atoms with Gasteiger partial charge in [-0.05, 0) is 35.7 Å². The number of likely N-dealkylation sites (tertiary alicyclic amines) is 1. The van der Waals surface area contributed by atoms with E-state index >= 15 is 0 Å². The number of piperidine rings is 1. The first-order valence-corrected chi connectivity index (χ1v) is 12.8. The normalized spacial score (nSPS) is 16.4. The highest BCUT2D eigenvalue weighted by molar-refractivity contribution is 7.89. The third-order valence-corrected chi connectivity index (χ3v) is 7.59. The minimum absolute atomic E-state index is 0. The SMILES string of the molecule is CN(C(=O)C[C@H](NS(=O)(=O)c1ccc2ccccc2c1)C(=O)NCC(=O)O)[C@H]1CCCN(C(=N)N)C1.Cl. The Balaban J connectivity index is 0.00000481. The Morgan fingerprint density at radius 2 is 1.89 bits per heavy atom. The maximum atomic E-state index is 13.1. The number of aliphatic carboxylic acids is 1. The number of hydrogen-bond donors (Lipinski definition) is 5. The Hall–Kier alpha value is -3.42. The van der Waals surface area contributed by atoms with Gasteiger partial charge in [-0.3, -0.25) is 19.8 Å². The summed E-state index contributed by atoms with van der Waals surface area (Å²) < 4.78 is 28.5. The summed E-state index contributed by atoms with van der Waals surface area (Å²) in [5.41, 5.74) is 5.57. The van der Waals surface area contributed by atoms with Crippen LogP contribution in [0.2, 0.25) is 0 Å². The molecular formula is C23H31ClN6O6S. The van der Waals surface area contributed by atoms with Gasteiger partial charge in [0.2, 0.25) is 21.8 Å². The van der Waals surface area contributed by atoms with Gasteiger partial charge in [-0.2, -0.15) is 4.72 Å². The molecule has 0 aromatic heterocycles. The van der Waals surface area contributed by atoms with Crippen LogP contribution in [0.4, 0.5) is 0 Å². The highest BCUT2D eigenvalue weighted by Gasteiger charge is 2.32. The average molecular weight is 555 g/mol. The van der Waals surface area contributed by atoms with E-state index in [9.17, 15) is 22.8 Å². The molecular weight excluding hydrogens is 524 g/mol. The number of benzene rings is 2. The van der Waals surface area contributed by atoms with Gasteiger partial charge in [-0.25, -0.2) is 8.42 Å². The fourth-order valence-electron chi connectivity index (χ4n) is 4.08. The Morgan fingerprint density at radius 1 is 1.22 bits per heavy atom. The molecule has 1 saturated heterocycles. The minimum Gasteiger partial charge on any atom is -0.480 e. The van der Waals surface area contributed by atoms with Crippen molar-refractivity contribution in [2.45, 2.75) is 36.2 Å². The number of nitrogens with zero attached hydrogens (tertiary/aromatic N) is 2. The zero-order valence-electron chi connectivity index (χ0n) is 20.2. The maximum absolute atomic E-state index is 13.1. The molecule has 3 rings (SSSR count). The van der Waals surface area contributed by atoms with Crippen molar-refractivity contribution >= 4 is 56.9 Å². The number of carboxylic acid groups (broad SMARTS) is 1. The molecule has 0 aliphatic carbocycles. The number of hydrogen-bond acceptors (Lipinski definition) is 6. The summed E-state index contributed by atoms with van der Waals surface area (Å²) in [6.45, 7) is 0.211. The highest BCUT2D eigenvalue weighted by atomic mass is 35.5. The van der Waals surface area contributed by atoms with Crippen LogP contribution in [0, 0.1) is 5.41 Å². The van der Waals surface area contributed by atoms with Crippen molar-refractivity contribution in [3.63, 3.8) is 0 Å². The van der Waals surface area contributed by atoms with E-state index in [1.54, 1.807) is 30.1 Å². The zero-order valence-corrected chi connectivity index (χ0v) is 21.8. The van der Waals surface area contributed by atoms with Crippen LogP contribution in [0.1, 0.15) is 19.3 Å². The topological polar surface area (TPSA) is 186 Å². The number of nitrogens with two attached hydrogens (primary N) is 1. The van der Waals surface area contributed by atoms with Gasteiger partial charge < -0.3 is 26.0 Å². The van der Waals surface area contributed by atoms with Gasteiger partial charge >= 0.3 is 5.97 Å². The molecule has 2 aromatic carbocycles. The lowest BCUT2D eigenvalue weighted by molar-refractivity contribution is -0.138. The van der Waals surface area contributed by atoms with Gasteiger partial charge in [-0.15, -0.1) is 12.4 Å². The fourth-order valence-corrected chi connectivity index (χ4v) is 5.31. The summed E-state index contributed by atoms with van der Waals surface area (Å²) in [6, 6.07) is 9.82. The third-order valence-electron chi connectivity index (χ3n) is 6.12. The molecule has 2 atom stereocenters. The zero-order chi connectivity index (χ0) is 26.5. The van der Waals surface area contributed by atoms with Crippen LogP contribution in [0.15, 0.2) is 47.4 Å². The maximum Gasteiger partial charge on any atom is 0.322 e. The lowest BCUT2D eigenvalue weighted by Gasteiger charge is -2.38. The standard InChI is InChI=1S/C23H30N6O6S.ClH/c1-28(17-7-4-10-29(14-17)23(24)25)20(30)12-19(22(33)26-13-21(31)32)27-36(34,35)18-9-8-15-5-2-3-6-16(15)11-18;/h2-3,5-6,8-9,11,17,19,27H,4,7,10,12-14H2,1H3,(H3,24,25)(H,26,33)(H,31,32);1H/t17-,19-;/m0./s1. The number of fused-ring (bicyclic) bond motifs is 1. The number of sulfonamides is 1. The largest absolute Gasteiger partial charge is 0.480 e. The summed E-state index contributed by atoms with van der Waals surface area (Å²) in [5, 5.41) is 20.2. The molecule has 1 aliphatic heterocycles. The van der Waals surface area contributed by atoms with E-state index < -0.39 is 46.8 Å². The quantitative estimate of drug-likeness (QED) is 0.216. The van der Waals surface area contributed by atoms with Gasteiger partial charge in [0.25, 0.3) is 0 Å². The van der Waals surface area contributed by atoms with Crippen LogP contribution < -0.4 is 15.8 Å². The number of halogens is 1. The lowest BCUT2D eigenvalue weighted by atomic mass is 10.0. The molecule has 1 fully saturated rings. The van der Waals surface area contributed by atoms with E-state index in [1.807, 2.05) is 12.1 Å². The summed E-state index contributed by atoms with van der Waals surface area (Å²) in [5.74, 6) is -2.86. The summed E-state index contributed by atoms with van der Waals surface area (Å²) in [7, 11) is -2.69. The minimum atomic E-state index is -4.23. The van der Waals surface area contributed by atoms with E-state index in [4.69, 9.17) is 16.2 Å². The second kappa shape index (κ2) is 12.7. The third kappa shape index (κ3) is 7.78. The van der Waals surface area contributed by atoms with Crippen molar-refractivity contribution in [2.75, 3.05) is 26.7 Å². The molecule has 37 heavy (non-hydrogen) atoms. The summed E-state index contributed by atoms with van der Waals surface area (Å²) >= 11 is 0. The molecule has 0 spiro atoms. The van der Waals surface area contributed by atoms with Gasteiger partial charge in [0.1, 0.15) is 12.6 Å². The second-order valence-electron chi connectivity index (χ2n) is 8.63. The number of carbonyl (C=O) groups is 3. The molecule has 0 saturated carbocycles. The molecule has 2 aromatic rings. The van der Waals surface area contributed by atoms with Gasteiger partial charge in [-0.1, -0.05) is 30.3 Å². The molecule has 1 heterocycles. The predicted molar refractivity (Wildman–Crippen MR) is 140 cm³/mol. The first-order chi connectivity index (χ1) is 17.0. The first kappa shape index (κ1) is 29.8. The number of rotatable bonds is 9. The molecule has 0 radical (unpaired) electrons. The second-order valence-corrected chi connectivity index (χ2v) is 10.3. The van der Waals surface area contributed by atoms with E-state index in [1.165, 1.54) is 17.0 Å². The number of likely N-dealkylation sites (N-methyl/N-ethyl adjacent to an activating group) is 1. The van der Waals surface area contributed by atoms with Crippen molar-refractivity contribution < 1.29 is 27.9 Å². The molecule has 0 bridgehead atoms. The van der Waals surface area contributed by atoms with Crippen molar-refractivity contribution in [1.29, 1.82) is 5.41 Å². The van der Waals surface area contributed by atoms with Crippen molar-refractivity contribution in [3.8, 4) is 0 Å². The molecule has 1 aliphatic rings. The molecule has 202 valence electrons. The Bertz CT molecular complexity index is 1270. The summed E-state index contributed by atoms with van der Waals surface area (Å²) in [6.07, 6.45) is 0.842. The molecule has 6 N–H and O–H groups in total. The Labute approximate surface area is 221 Å². The first-order valence-electron chi connectivity index (χ1n) is 11.3. The van der Waals surface area contributed by atoms with Crippen LogP contribution in [-0.4, -0.2) is 85.8 Å². The molecule has 0 unspecified atom stereocenters. The number of carbonyl (C=O) groups excluding carboxylic acids is 2. The average Bonchev–Trinajstić information content (AvgIpc) is 2.85. The number of guanidine groups is 1. The van der Waals surface area contributed by atoms with Crippen LogP contribution >= 0.6 is 12.4 Å². The Kier molecular flexibility index (Phi) is 10.2. The smallest absolute Gasteiger partial charge is 0.322 e. The lowest BCUT2D eigenvalue weighted by Crippen LogP contribution is -2.54. The number of carboxylic acids is 1. The highest BCUT2D eigenvalue weighted by Crippen LogP contribution is 2.20. The van der Waals surface area contributed by atoms with Crippen LogP contribution in [0.5, 0.6) is 0 Å². The summed E-state index contributed by atoms with van der Waals surface area (Å²) in [4.78, 5) is 39.7. The molecule has 2 amide bonds. The van der Waals surface area contributed by atoms with Crippen molar-refractivity contribution in [3.05, 3.63) is 42.5 Å². The van der Waals surface area contributed by atoms with E-state index in [0.29, 0.717) is 31.3 Å². The van der Waals surface area contributed by atoms with Crippen molar-refractivity contribution in [2.24, 2.45) is 5.73 Å². The monoisotopic (exact) mass is 554 g/mol. The van der Waals surface area contributed by atoms with E-state index in [-0.39, 0.29) is 29.3 Å². The van der Waals surface area contributed by atoms with Crippen LogP contribution in [-0.2, 0) is 24.4 Å². The molecule has 12 nitrogen and oxygen atoms in total. The van der Waals surface area contributed by atoms with Gasteiger partial charge in [0, 0.05) is 26.2 Å². The van der Waals surface area contributed by atoms with E-state index in [0.717, 1.165) is 5.39 Å². The molecule has 14 heteroatoms. The van der Waals surface area contributed by atoms with Gasteiger partial charge in [0.15, 0.2) is 5.96 Å². The van der Waals surface area contributed by atoms with Gasteiger partial charge in [0.05, 0.1) is 11.3 Å². The van der Waals surface area contributed by atoms with Crippen molar-refractivity contribution in [1.82, 2.24) is 19.8 Å². The number of amides is 2. The Morgan fingerprint density at radius 3 is 2.54 bits per heavy atom.